The summed E-state index contributed by atoms with van der Waals surface area (Å²) in [5.41, 5.74) is 0.423. The van der Waals surface area contributed by atoms with Crippen molar-refractivity contribution in [3.05, 3.63) is 33.7 Å². The molecule has 1 rings (SSSR count). The lowest BCUT2D eigenvalue weighted by atomic mass is 10.1. The first kappa shape index (κ1) is 17.9. The number of aromatic amines is 1. The van der Waals surface area contributed by atoms with E-state index in [9.17, 15) is 14.4 Å². The molecule has 1 aromatic rings. The molecule has 0 fully saturated rings. The number of amides is 1. The van der Waals surface area contributed by atoms with E-state index >= 15 is 0 Å². The normalized spacial score (nSPS) is 12.2. The molecule has 0 aliphatic rings. The molecule has 0 saturated carbocycles. The van der Waals surface area contributed by atoms with Gasteiger partial charge in [0.15, 0.2) is 0 Å². The summed E-state index contributed by atoms with van der Waals surface area (Å²) in [6.07, 6.45) is 0.780. The second-order valence-corrected chi connectivity index (χ2v) is 5.50. The van der Waals surface area contributed by atoms with Crippen molar-refractivity contribution in [2.24, 2.45) is 5.92 Å². The quantitative estimate of drug-likeness (QED) is 0.658. The first-order valence-corrected chi connectivity index (χ1v) is 7.09. The number of carboxylic acids is 1. The Labute approximate surface area is 128 Å². The molecule has 0 aliphatic carbocycles. The van der Waals surface area contributed by atoms with E-state index in [1.54, 1.807) is 6.07 Å². The number of ether oxygens (including phenoxy) is 1. The Morgan fingerprint density at radius 1 is 1.36 bits per heavy atom. The van der Waals surface area contributed by atoms with E-state index in [4.69, 9.17) is 9.84 Å². The van der Waals surface area contributed by atoms with Gasteiger partial charge in [0.25, 0.3) is 5.91 Å². The van der Waals surface area contributed by atoms with Gasteiger partial charge >= 0.3 is 5.97 Å². The molecule has 0 aliphatic heterocycles. The average Bonchev–Trinajstić information content (AvgIpc) is 2.41. The number of carboxylic acid groups (broad SMARTS) is 1. The molecule has 0 radical (unpaired) electrons. The number of hydrogen-bond acceptors (Lipinski definition) is 4. The molecule has 3 N–H and O–H groups in total. The number of pyridine rings is 1. The summed E-state index contributed by atoms with van der Waals surface area (Å²) >= 11 is 0. The van der Waals surface area contributed by atoms with Crippen LogP contribution in [0.15, 0.2) is 16.9 Å². The predicted octanol–water partition coefficient (Wildman–Crippen LogP) is 0.793. The Bertz CT molecular complexity index is 580. The molecule has 0 saturated heterocycles. The number of aromatic nitrogens is 1. The van der Waals surface area contributed by atoms with Crippen molar-refractivity contribution in [2.75, 3.05) is 13.7 Å². The molecule has 0 aromatic carbocycles. The third kappa shape index (κ3) is 5.69. The topological polar surface area (TPSA) is 108 Å². The first-order valence-electron chi connectivity index (χ1n) is 7.09. The van der Waals surface area contributed by atoms with Crippen LogP contribution in [0, 0.1) is 5.92 Å². The van der Waals surface area contributed by atoms with Gasteiger partial charge in [-0.3, -0.25) is 9.59 Å². The predicted molar refractivity (Wildman–Crippen MR) is 81.0 cm³/mol. The van der Waals surface area contributed by atoms with E-state index in [0.29, 0.717) is 18.0 Å². The fourth-order valence-corrected chi connectivity index (χ4v) is 2.02. The molecule has 1 unspecified atom stereocenters. The van der Waals surface area contributed by atoms with Gasteiger partial charge in [-0.2, -0.15) is 0 Å². The van der Waals surface area contributed by atoms with Crippen LogP contribution < -0.4 is 10.9 Å². The van der Waals surface area contributed by atoms with Crippen molar-refractivity contribution in [3.8, 4) is 0 Å². The van der Waals surface area contributed by atoms with E-state index in [2.05, 4.69) is 10.3 Å². The zero-order chi connectivity index (χ0) is 16.7. The monoisotopic (exact) mass is 310 g/mol. The van der Waals surface area contributed by atoms with Gasteiger partial charge in [0.1, 0.15) is 6.04 Å². The third-order valence-electron chi connectivity index (χ3n) is 3.00. The van der Waals surface area contributed by atoms with Crippen LogP contribution >= 0.6 is 0 Å². The maximum atomic E-state index is 12.1. The second-order valence-electron chi connectivity index (χ2n) is 5.50. The SMILES string of the molecule is COCCC(NC(=O)c1cc(CC(C)C)[nH]c(=O)c1)C(=O)O. The summed E-state index contributed by atoms with van der Waals surface area (Å²) in [5, 5.41) is 11.5. The minimum absolute atomic E-state index is 0.152. The summed E-state index contributed by atoms with van der Waals surface area (Å²) in [4.78, 5) is 37.5. The third-order valence-corrected chi connectivity index (χ3v) is 3.00. The molecule has 7 nitrogen and oxygen atoms in total. The van der Waals surface area contributed by atoms with Gasteiger partial charge in [-0.25, -0.2) is 4.79 Å². The van der Waals surface area contributed by atoms with Gasteiger partial charge in [-0.1, -0.05) is 13.8 Å². The van der Waals surface area contributed by atoms with Crippen LogP contribution in [0.25, 0.3) is 0 Å². The number of methoxy groups -OCH3 is 1. The summed E-state index contributed by atoms with van der Waals surface area (Å²) in [7, 11) is 1.45. The van der Waals surface area contributed by atoms with Crippen LogP contribution in [-0.2, 0) is 16.0 Å². The molecule has 1 amide bonds. The van der Waals surface area contributed by atoms with Gasteiger partial charge < -0.3 is 20.1 Å². The molecule has 0 bridgehead atoms. The van der Waals surface area contributed by atoms with Crippen molar-refractivity contribution < 1.29 is 19.4 Å². The van der Waals surface area contributed by atoms with Crippen molar-refractivity contribution in [2.45, 2.75) is 32.7 Å². The molecule has 1 aromatic heterocycles. The van der Waals surface area contributed by atoms with Gasteiger partial charge in [0.05, 0.1) is 0 Å². The van der Waals surface area contributed by atoms with Gasteiger partial charge in [-0.15, -0.1) is 0 Å². The minimum atomic E-state index is -1.14. The molecule has 1 heterocycles. The van der Waals surface area contributed by atoms with Crippen LogP contribution in [0.5, 0.6) is 0 Å². The Morgan fingerprint density at radius 3 is 2.59 bits per heavy atom. The van der Waals surface area contributed by atoms with E-state index in [0.717, 1.165) is 6.07 Å². The number of carbonyl (C=O) groups is 2. The van der Waals surface area contributed by atoms with Gasteiger partial charge in [0.2, 0.25) is 5.56 Å². The molecule has 1 atom stereocenters. The summed E-state index contributed by atoms with van der Waals surface area (Å²) in [6, 6.07) is 1.68. The molecule has 122 valence electrons. The lowest BCUT2D eigenvalue weighted by molar-refractivity contribution is -0.139. The van der Waals surface area contributed by atoms with Crippen LogP contribution in [0.3, 0.4) is 0 Å². The lowest BCUT2D eigenvalue weighted by Gasteiger charge is -2.14. The number of H-pyrrole nitrogens is 1. The van der Waals surface area contributed by atoms with Crippen molar-refractivity contribution in [3.63, 3.8) is 0 Å². The number of aliphatic carboxylic acids is 1. The smallest absolute Gasteiger partial charge is 0.326 e. The Balaban J connectivity index is 2.89. The van der Waals surface area contributed by atoms with Crippen LogP contribution in [0.2, 0.25) is 0 Å². The highest BCUT2D eigenvalue weighted by molar-refractivity contribution is 5.96. The van der Waals surface area contributed by atoms with Crippen molar-refractivity contribution >= 4 is 11.9 Å². The fourth-order valence-electron chi connectivity index (χ4n) is 2.02. The highest BCUT2D eigenvalue weighted by Gasteiger charge is 2.20. The number of carbonyl (C=O) groups excluding carboxylic acids is 1. The fraction of sp³-hybridized carbons (Fsp3) is 0.533. The number of hydrogen-bond donors (Lipinski definition) is 3. The van der Waals surface area contributed by atoms with Crippen LogP contribution in [-0.4, -0.2) is 41.7 Å². The Kier molecular flexibility index (Phi) is 6.78. The largest absolute Gasteiger partial charge is 0.480 e. The van der Waals surface area contributed by atoms with E-state index < -0.39 is 17.9 Å². The van der Waals surface area contributed by atoms with Crippen molar-refractivity contribution in [1.29, 1.82) is 0 Å². The number of rotatable bonds is 8. The summed E-state index contributed by atoms with van der Waals surface area (Å²) in [6.45, 7) is 4.21. The molecule has 22 heavy (non-hydrogen) atoms. The Morgan fingerprint density at radius 2 is 2.05 bits per heavy atom. The highest BCUT2D eigenvalue weighted by Crippen LogP contribution is 2.07. The summed E-state index contributed by atoms with van der Waals surface area (Å²) < 4.78 is 4.82. The van der Waals surface area contributed by atoms with Crippen LogP contribution in [0.1, 0.15) is 36.3 Å². The Hall–Kier alpha value is -2.15. The first-order chi connectivity index (χ1) is 10.3. The number of nitrogens with one attached hydrogen (secondary N) is 2. The van der Waals surface area contributed by atoms with E-state index in [-0.39, 0.29) is 24.2 Å². The standard InChI is InChI=1S/C15H22N2O5/c1-9(2)6-11-7-10(8-13(18)16-11)14(19)17-12(15(20)21)4-5-22-3/h7-9,12H,4-6H2,1-3H3,(H,16,18)(H,17,19)(H,20,21). The summed E-state index contributed by atoms with van der Waals surface area (Å²) in [5.74, 6) is -1.40. The zero-order valence-electron chi connectivity index (χ0n) is 13.0. The maximum Gasteiger partial charge on any atom is 0.326 e. The highest BCUT2D eigenvalue weighted by atomic mass is 16.5. The van der Waals surface area contributed by atoms with E-state index in [1.807, 2.05) is 13.8 Å². The maximum absolute atomic E-state index is 12.1. The lowest BCUT2D eigenvalue weighted by Crippen LogP contribution is -2.41. The average molecular weight is 310 g/mol. The van der Waals surface area contributed by atoms with E-state index in [1.165, 1.54) is 7.11 Å². The van der Waals surface area contributed by atoms with Crippen LogP contribution in [0.4, 0.5) is 0 Å². The van der Waals surface area contributed by atoms with Crippen molar-refractivity contribution in [1.82, 2.24) is 10.3 Å². The second kappa shape index (κ2) is 8.33. The van der Waals surface area contributed by atoms with Gasteiger partial charge in [-0.05, 0) is 18.4 Å². The molecule has 0 spiro atoms. The van der Waals surface area contributed by atoms with Gasteiger partial charge in [0, 0.05) is 37.5 Å². The zero-order valence-corrected chi connectivity index (χ0v) is 13.0. The molecular formula is C15H22N2O5. The molecular weight excluding hydrogens is 288 g/mol. The molecule has 7 heteroatoms. The minimum Gasteiger partial charge on any atom is -0.480 e.